The number of pyridine rings is 1. The van der Waals surface area contributed by atoms with Crippen molar-refractivity contribution in [3.05, 3.63) is 29.5 Å². The molecule has 1 aromatic heterocycles. The average Bonchev–Trinajstić information content (AvgIpc) is 3.06. The predicted octanol–water partition coefficient (Wildman–Crippen LogP) is 1.63. The lowest BCUT2D eigenvalue weighted by atomic mass is 10.0. The normalized spacial score (nSPS) is 16.4. The largest absolute Gasteiger partial charge is 0.490 e. The zero-order valence-electron chi connectivity index (χ0n) is 16.2. The Labute approximate surface area is 163 Å². The molecule has 3 rings (SSSR count). The molecule has 1 aliphatic heterocycles. The van der Waals surface area contributed by atoms with E-state index in [-0.39, 0.29) is 24.6 Å². The van der Waals surface area contributed by atoms with Crippen LogP contribution in [0.25, 0.3) is 10.8 Å². The quantitative estimate of drug-likeness (QED) is 0.632. The van der Waals surface area contributed by atoms with Crippen LogP contribution in [-0.2, 0) is 11.3 Å². The molecule has 5 N–H and O–H groups in total. The Morgan fingerprint density at radius 1 is 1.36 bits per heavy atom. The lowest BCUT2D eigenvalue weighted by Gasteiger charge is -2.17. The van der Waals surface area contributed by atoms with Crippen molar-refractivity contribution in [1.29, 1.82) is 0 Å². The van der Waals surface area contributed by atoms with Crippen LogP contribution in [-0.4, -0.2) is 35.6 Å². The van der Waals surface area contributed by atoms with Crippen LogP contribution in [0, 0.1) is 0 Å². The molecule has 1 aliphatic rings. The Hall–Kier alpha value is -2.87. The summed E-state index contributed by atoms with van der Waals surface area (Å²) in [5.41, 5.74) is 12.5. The minimum atomic E-state index is -0.572. The topological polar surface area (TPSA) is 130 Å². The molecule has 1 fully saturated rings. The Morgan fingerprint density at radius 3 is 2.75 bits per heavy atom. The molecule has 2 amide bonds. The molecule has 8 heteroatoms. The molecule has 2 aromatic rings. The van der Waals surface area contributed by atoms with Gasteiger partial charge in [-0.2, -0.15) is 0 Å². The molecule has 0 unspecified atom stereocenters. The van der Waals surface area contributed by atoms with E-state index in [9.17, 15) is 9.59 Å². The average molecular weight is 386 g/mol. The van der Waals surface area contributed by atoms with Crippen molar-refractivity contribution in [3.8, 4) is 11.6 Å². The standard InChI is InChI=1S/C20H26N4O4/c1-11(2)28-17-8-15-14(7-16(17)19(22)26)12(9-21)10-23-20(15)27-6-5-13-3-4-18(25)24-13/h7-8,10-11,13H,3-6,9,21H2,1-2H3,(H2,22,26)(H,24,25)/t13-/m0/s1. The number of benzene rings is 1. The summed E-state index contributed by atoms with van der Waals surface area (Å²) >= 11 is 0. The van der Waals surface area contributed by atoms with Gasteiger partial charge in [0.15, 0.2) is 0 Å². The van der Waals surface area contributed by atoms with E-state index in [2.05, 4.69) is 10.3 Å². The van der Waals surface area contributed by atoms with Gasteiger partial charge in [0.25, 0.3) is 5.91 Å². The Bertz CT molecular complexity index is 897. The number of aromatic nitrogens is 1. The summed E-state index contributed by atoms with van der Waals surface area (Å²) in [6.07, 6.45) is 3.58. The van der Waals surface area contributed by atoms with Crippen molar-refractivity contribution in [2.75, 3.05) is 6.61 Å². The molecule has 8 nitrogen and oxygen atoms in total. The second-order valence-corrected chi connectivity index (χ2v) is 7.16. The van der Waals surface area contributed by atoms with Gasteiger partial charge in [-0.25, -0.2) is 4.98 Å². The molecule has 1 aromatic carbocycles. The number of hydrogen-bond acceptors (Lipinski definition) is 6. The zero-order valence-corrected chi connectivity index (χ0v) is 16.2. The molecule has 1 saturated heterocycles. The number of fused-ring (bicyclic) bond motifs is 1. The van der Waals surface area contributed by atoms with Crippen molar-refractivity contribution < 1.29 is 19.1 Å². The van der Waals surface area contributed by atoms with Crippen molar-refractivity contribution in [2.24, 2.45) is 11.5 Å². The number of hydrogen-bond donors (Lipinski definition) is 3. The maximum Gasteiger partial charge on any atom is 0.252 e. The number of primary amides is 1. The van der Waals surface area contributed by atoms with Crippen LogP contribution in [0.2, 0.25) is 0 Å². The van der Waals surface area contributed by atoms with Gasteiger partial charge in [-0.15, -0.1) is 0 Å². The van der Waals surface area contributed by atoms with Crippen molar-refractivity contribution >= 4 is 22.6 Å². The number of carbonyl (C=O) groups is 2. The minimum Gasteiger partial charge on any atom is -0.490 e. The van der Waals surface area contributed by atoms with Crippen molar-refractivity contribution in [1.82, 2.24) is 10.3 Å². The van der Waals surface area contributed by atoms with Crippen LogP contribution < -0.4 is 26.3 Å². The van der Waals surface area contributed by atoms with Gasteiger partial charge >= 0.3 is 0 Å². The van der Waals surface area contributed by atoms with Gasteiger partial charge < -0.3 is 26.3 Å². The van der Waals surface area contributed by atoms with E-state index in [1.807, 2.05) is 13.8 Å². The second-order valence-electron chi connectivity index (χ2n) is 7.16. The fraction of sp³-hybridized carbons (Fsp3) is 0.450. The molecule has 0 bridgehead atoms. The van der Waals surface area contributed by atoms with Gasteiger partial charge in [-0.1, -0.05) is 0 Å². The molecule has 0 aliphatic carbocycles. The highest BCUT2D eigenvalue weighted by atomic mass is 16.5. The Balaban J connectivity index is 1.93. The van der Waals surface area contributed by atoms with Gasteiger partial charge in [0.1, 0.15) is 5.75 Å². The van der Waals surface area contributed by atoms with E-state index in [0.717, 1.165) is 17.4 Å². The first-order chi connectivity index (χ1) is 13.4. The van der Waals surface area contributed by atoms with E-state index in [0.29, 0.717) is 42.0 Å². The summed E-state index contributed by atoms with van der Waals surface area (Å²) in [7, 11) is 0. The summed E-state index contributed by atoms with van der Waals surface area (Å²) in [6, 6.07) is 3.54. The highest BCUT2D eigenvalue weighted by Crippen LogP contribution is 2.33. The van der Waals surface area contributed by atoms with E-state index >= 15 is 0 Å². The van der Waals surface area contributed by atoms with E-state index in [1.165, 1.54) is 0 Å². The molecule has 0 radical (unpaired) electrons. The Kier molecular flexibility index (Phi) is 5.99. The van der Waals surface area contributed by atoms with E-state index in [4.69, 9.17) is 20.9 Å². The first kappa shape index (κ1) is 19.9. The van der Waals surface area contributed by atoms with Crippen LogP contribution in [0.5, 0.6) is 11.6 Å². The minimum absolute atomic E-state index is 0.0790. The third kappa shape index (κ3) is 4.33. The molecular formula is C20H26N4O4. The first-order valence-electron chi connectivity index (χ1n) is 9.43. The molecule has 0 saturated carbocycles. The maximum absolute atomic E-state index is 11.9. The lowest BCUT2D eigenvalue weighted by Crippen LogP contribution is -2.26. The fourth-order valence-electron chi connectivity index (χ4n) is 3.31. The van der Waals surface area contributed by atoms with Crippen LogP contribution in [0.15, 0.2) is 18.3 Å². The van der Waals surface area contributed by atoms with Gasteiger partial charge in [0.2, 0.25) is 11.8 Å². The molecular weight excluding hydrogens is 360 g/mol. The van der Waals surface area contributed by atoms with Gasteiger partial charge in [0, 0.05) is 37.0 Å². The molecule has 0 spiro atoms. The highest BCUT2D eigenvalue weighted by Gasteiger charge is 2.21. The third-order valence-corrected chi connectivity index (χ3v) is 4.67. The Morgan fingerprint density at radius 2 is 2.14 bits per heavy atom. The zero-order chi connectivity index (χ0) is 20.3. The number of rotatable bonds is 8. The SMILES string of the molecule is CC(C)Oc1cc2c(OCC[C@@H]3CCC(=O)N3)ncc(CN)c2cc1C(N)=O. The van der Waals surface area contributed by atoms with Crippen molar-refractivity contribution in [2.45, 2.75) is 51.8 Å². The molecule has 1 atom stereocenters. The van der Waals surface area contributed by atoms with Crippen molar-refractivity contribution in [3.63, 3.8) is 0 Å². The summed E-state index contributed by atoms with van der Waals surface area (Å²) < 4.78 is 11.7. The number of nitrogens with one attached hydrogen (secondary N) is 1. The third-order valence-electron chi connectivity index (χ3n) is 4.67. The number of nitrogens with zero attached hydrogens (tertiary/aromatic N) is 1. The van der Waals surface area contributed by atoms with E-state index < -0.39 is 5.91 Å². The van der Waals surface area contributed by atoms with Crippen LogP contribution in [0.3, 0.4) is 0 Å². The smallest absolute Gasteiger partial charge is 0.252 e. The molecule has 150 valence electrons. The number of ether oxygens (including phenoxy) is 2. The van der Waals surface area contributed by atoms with Gasteiger partial charge in [-0.05, 0) is 43.4 Å². The first-order valence-corrected chi connectivity index (χ1v) is 9.43. The lowest BCUT2D eigenvalue weighted by molar-refractivity contribution is -0.119. The number of carbonyl (C=O) groups excluding carboxylic acids is 2. The van der Waals surface area contributed by atoms with Gasteiger partial charge in [0.05, 0.1) is 18.3 Å². The highest BCUT2D eigenvalue weighted by molar-refractivity contribution is 6.02. The fourth-order valence-corrected chi connectivity index (χ4v) is 3.31. The summed E-state index contributed by atoms with van der Waals surface area (Å²) in [6.45, 7) is 4.42. The van der Waals surface area contributed by atoms with Gasteiger partial charge in [-0.3, -0.25) is 9.59 Å². The molecule has 28 heavy (non-hydrogen) atoms. The summed E-state index contributed by atoms with van der Waals surface area (Å²) in [4.78, 5) is 27.6. The number of nitrogens with two attached hydrogens (primary N) is 2. The van der Waals surface area contributed by atoms with E-state index in [1.54, 1.807) is 18.3 Å². The maximum atomic E-state index is 11.9. The molecule has 2 heterocycles. The van der Waals surface area contributed by atoms with Crippen LogP contribution in [0.4, 0.5) is 0 Å². The second kappa shape index (κ2) is 8.43. The monoisotopic (exact) mass is 386 g/mol. The number of amides is 2. The van der Waals surface area contributed by atoms with Crippen LogP contribution >= 0.6 is 0 Å². The van der Waals surface area contributed by atoms with Crippen LogP contribution in [0.1, 0.15) is 49.0 Å². The summed E-state index contributed by atoms with van der Waals surface area (Å²) in [5, 5.41) is 4.38. The predicted molar refractivity (Wildman–Crippen MR) is 105 cm³/mol. The summed E-state index contributed by atoms with van der Waals surface area (Å²) in [5.74, 6) is 0.326.